The van der Waals surface area contributed by atoms with Gasteiger partial charge in [0.15, 0.2) is 0 Å². The van der Waals surface area contributed by atoms with E-state index < -0.39 is 53.7 Å². The number of nitrogens with zero attached hydrogens (tertiary/aromatic N) is 1. The lowest BCUT2D eigenvalue weighted by Crippen LogP contribution is -2.58. The van der Waals surface area contributed by atoms with Gasteiger partial charge in [-0.1, -0.05) is 60.7 Å². The van der Waals surface area contributed by atoms with E-state index in [4.69, 9.17) is 5.73 Å². The molecule has 4 atom stereocenters. The molecular formula is C36H40N6O6. The Morgan fingerprint density at radius 3 is 2.21 bits per heavy atom. The van der Waals surface area contributed by atoms with Crippen molar-refractivity contribution in [1.82, 2.24) is 25.8 Å². The van der Waals surface area contributed by atoms with Gasteiger partial charge >= 0.3 is 0 Å². The normalized spacial score (nSPS) is 16.1. The second-order valence-electron chi connectivity index (χ2n) is 12.1. The summed E-state index contributed by atoms with van der Waals surface area (Å²) in [5.74, 6) is -2.58. The van der Waals surface area contributed by atoms with E-state index >= 15 is 0 Å². The van der Waals surface area contributed by atoms with Crippen LogP contribution in [0.25, 0.3) is 10.9 Å². The molecule has 0 radical (unpaired) electrons. The third-order valence-corrected chi connectivity index (χ3v) is 8.56. The molecule has 5 rings (SSSR count). The quantitative estimate of drug-likeness (QED) is 0.128. The smallest absolute Gasteiger partial charge is 0.246 e. The first-order valence-corrected chi connectivity index (χ1v) is 15.9. The maximum Gasteiger partial charge on any atom is 0.246 e. The van der Waals surface area contributed by atoms with Crippen molar-refractivity contribution in [1.29, 1.82) is 0 Å². The highest BCUT2D eigenvalue weighted by atomic mass is 16.3. The first-order chi connectivity index (χ1) is 23.1. The summed E-state index contributed by atoms with van der Waals surface area (Å²) in [6.07, 6.45) is 3.13. The molecule has 1 saturated heterocycles. The number of primary amides is 1. The second kappa shape index (κ2) is 15.3. The van der Waals surface area contributed by atoms with Gasteiger partial charge in [-0.3, -0.25) is 24.0 Å². The molecule has 0 bridgehead atoms. The number of fused-ring (bicyclic) bond motifs is 1. The number of rotatable bonds is 13. The molecule has 12 heteroatoms. The zero-order valence-corrected chi connectivity index (χ0v) is 26.6. The first kappa shape index (κ1) is 33.7. The van der Waals surface area contributed by atoms with E-state index in [0.717, 1.165) is 27.6 Å². The topological polar surface area (TPSA) is 187 Å². The van der Waals surface area contributed by atoms with Crippen LogP contribution in [0.3, 0.4) is 0 Å². The Morgan fingerprint density at radius 1 is 0.833 bits per heavy atom. The minimum atomic E-state index is -1.10. The molecule has 5 amide bonds. The maximum absolute atomic E-state index is 13.9. The van der Waals surface area contributed by atoms with Gasteiger partial charge in [-0.05, 0) is 47.7 Å². The number of amides is 5. The number of para-hydroxylation sites is 1. The highest BCUT2D eigenvalue weighted by molar-refractivity contribution is 5.96. The van der Waals surface area contributed by atoms with Gasteiger partial charge < -0.3 is 36.7 Å². The molecule has 4 unspecified atom stereocenters. The van der Waals surface area contributed by atoms with Gasteiger partial charge in [0.2, 0.25) is 29.5 Å². The van der Waals surface area contributed by atoms with Gasteiger partial charge in [0, 0.05) is 49.8 Å². The number of benzene rings is 3. The number of phenols is 1. The number of H-pyrrole nitrogens is 1. The van der Waals surface area contributed by atoms with Crippen molar-refractivity contribution in [2.75, 3.05) is 6.54 Å². The number of aromatic nitrogens is 1. The molecule has 7 N–H and O–H groups in total. The summed E-state index contributed by atoms with van der Waals surface area (Å²) >= 11 is 0. The standard InChI is InChI=1S/C36H40N6O6/c1-22(43)39-31(19-24-13-15-26(44)16-14-24)36(48)42-17-7-12-32(42)35(47)41-30(20-25-21-38-28-11-6-5-10-27(25)28)34(46)40-29(33(37)45)18-23-8-3-2-4-9-23/h2-6,8-11,13-16,21,29-32,38,44H,7,12,17-20H2,1H3,(H2,37,45)(H,39,43)(H,40,46)(H,41,47). The van der Waals surface area contributed by atoms with Crippen LogP contribution >= 0.6 is 0 Å². The van der Waals surface area contributed by atoms with E-state index in [1.165, 1.54) is 24.0 Å². The molecule has 48 heavy (non-hydrogen) atoms. The fraction of sp³-hybridized carbons (Fsp3) is 0.306. The number of aromatic hydroxyl groups is 1. The van der Waals surface area contributed by atoms with Crippen molar-refractivity contribution in [3.63, 3.8) is 0 Å². The molecule has 1 aliphatic rings. The van der Waals surface area contributed by atoms with Crippen LogP contribution in [0.1, 0.15) is 36.5 Å². The molecule has 4 aromatic rings. The molecule has 0 spiro atoms. The first-order valence-electron chi connectivity index (χ1n) is 15.9. The number of hydrogen-bond donors (Lipinski definition) is 6. The van der Waals surface area contributed by atoms with Crippen molar-refractivity contribution in [3.8, 4) is 5.75 Å². The number of nitrogens with one attached hydrogen (secondary N) is 4. The Balaban J connectivity index is 1.36. The van der Waals surface area contributed by atoms with Crippen LogP contribution in [0.15, 0.2) is 85.1 Å². The predicted molar refractivity (Wildman–Crippen MR) is 179 cm³/mol. The van der Waals surface area contributed by atoms with Gasteiger partial charge in [0.1, 0.15) is 29.9 Å². The summed E-state index contributed by atoms with van der Waals surface area (Å²) in [7, 11) is 0. The Hall–Kier alpha value is -5.65. The maximum atomic E-state index is 13.9. The summed E-state index contributed by atoms with van der Waals surface area (Å²) < 4.78 is 0. The van der Waals surface area contributed by atoms with E-state index in [1.54, 1.807) is 18.3 Å². The lowest BCUT2D eigenvalue weighted by Gasteiger charge is -2.30. The number of hydrogen-bond acceptors (Lipinski definition) is 6. The van der Waals surface area contributed by atoms with Crippen LogP contribution in [0.5, 0.6) is 5.75 Å². The number of aromatic amines is 1. The Labute approximate surface area is 278 Å². The molecule has 0 aliphatic carbocycles. The number of carbonyl (C=O) groups excluding carboxylic acids is 5. The van der Waals surface area contributed by atoms with Crippen molar-refractivity contribution in [2.45, 2.75) is 63.2 Å². The Kier molecular flexibility index (Phi) is 10.7. The van der Waals surface area contributed by atoms with Crippen molar-refractivity contribution in [2.24, 2.45) is 5.73 Å². The third-order valence-electron chi connectivity index (χ3n) is 8.56. The highest BCUT2D eigenvalue weighted by Gasteiger charge is 2.39. The summed E-state index contributed by atoms with van der Waals surface area (Å²) in [6.45, 7) is 1.61. The molecule has 1 aliphatic heterocycles. The molecule has 250 valence electrons. The van der Waals surface area contributed by atoms with E-state index in [1.807, 2.05) is 54.6 Å². The van der Waals surface area contributed by atoms with Crippen molar-refractivity contribution < 1.29 is 29.1 Å². The average Bonchev–Trinajstić information content (AvgIpc) is 3.73. The minimum absolute atomic E-state index is 0.0749. The lowest BCUT2D eigenvalue weighted by molar-refractivity contribution is -0.142. The fourth-order valence-corrected chi connectivity index (χ4v) is 6.16. The molecule has 1 fully saturated rings. The second-order valence-corrected chi connectivity index (χ2v) is 12.1. The van der Waals surface area contributed by atoms with Crippen LogP contribution in [-0.2, 0) is 43.2 Å². The summed E-state index contributed by atoms with van der Waals surface area (Å²) in [6, 6.07) is 19.1. The van der Waals surface area contributed by atoms with Gasteiger partial charge in [0.05, 0.1) is 0 Å². The SMILES string of the molecule is CC(=O)NC(Cc1ccc(O)cc1)C(=O)N1CCCC1C(=O)NC(Cc1c[nH]c2ccccc12)C(=O)NC(Cc1ccccc1)C(N)=O. The fourth-order valence-electron chi connectivity index (χ4n) is 6.16. The number of nitrogens with two attached hydrogens (primary N) is 1. The van der Waals surface area contributed by atoms with Crippen molar-refractivity contribution in [3.05, 3.63) is 102 Å². The van der Waals surface area contributed by atoms with E-state index in [-0.39, 0.29) is 25.0 Å². The zero-order chi connectivity index (χ0) is 34.2. The summed E-state index contributed by atoms with van der Waals surface area (Å²) in [5, 5.41) is 18.8. The molecule has 1 aromatic heterocycles. The van der Waals surface area contributed by atoms with Crippen LogP contribution < -0.4 is 21.7 Å². The number of phenolic OH excluding ortho intramolecular Hbond substituents is 1. The van der Waals surface area contributed by atoms with E-state index in [0.29, 0.717) is 19.4 Å². The van der Waals surface area contributed by atoms with Gasteiger partial charge in [-0.25, -0.2) is 0 Å². The predicted octanol–water partition coefficient (Wildman–Crippen LogP) is 1.85. The molecule has 3 aromatic carbocycles. The van der Waals surface area contributed by atoms with Gasteiger partial charge in [0.25, 0.3) is 0 Å². The number of likely N-dealkylation sites (tertiary alicyclic amines) is 1. The lowest BCUT2D eigenvalue weighted by atomic mass is 10.0. The van der Waals surface area contributed by atoms with Crippen LogP contribution in [0, 0.1) is 0 Å². The van der Waals surface area contributed by atoms with Gasteiger partial charge in [-0.15, -0.1) is 0 Å². The molecule has 0 saturated carbocycles. The third kappa shape index (κ3) is 8.38. The van der Waals surface area contributed by atoms with Crippen molar-refractivity contribution >= 4 is 40.4 Å². The van der Waals surface area contributed by atoms with Crippen LogP contribution in [-0.4, -0.2) is 75.2 Å². The largest absolute Gasteiger partial charge is 0.508 e. The van der Waals surface area contributed by atoms with E-state index in [2.05, 4.69) is 20.9 Å². The Bertz CT molecular complexity index is 1770. The minimum Gasteiger partial charge on any atom is -0.508 e. The van der Waals surface area contributed by atoms with E-state index in [9.17, 15) is 29.1 Å². The molecule has 2 heterocycles. The summed E-state index contributed by atoms with van der Waals surface area (Å²) in [4.78, 5) is 70.7. The van der Waals surface area contributed by atoms with Crippen LogP contribution in [0.2, 0.25) is 0 Å². The zero-order valence-electron chi connectivity index (χ0n) is 26.6. The average molecular weight is 653 g/mol. The summed E-state index contributed by atoms with van der Waals surface area (Å²) in [5.41, 5.74) is 8.86. The highest BCUT2D eigenvalue weighted by Crippen LogP contribution is 2.23. The Morgan fingerprint density at radius 2 is 1.50 bits per heavy atom. The van der Waals surface area contributed by atoms with Crippen LogP contribution in [0.4, 0.5) is 0 Å². The number of carbonyl (C=O) groups is 5. The molecular weight excluding hydrogens is 612 g/mol. The molecule has 12 nitrogen and oxygen atoms in total. The van der Waals surface area contributed by atoms with Gasteiger partial charge in [-0.2, -0.15) is 0 Å². The monoisotopic (exact) mass is 652 g/mol.